The molecule has 1 fully saturated rings. The summed E-state index contributed by atoms with van der Waals surface area (Å²) in [5, 5.41) is 3.93. The van der Waals surface area contributed by atoms with Gasteiger partial charge in [-0.1, -0.05) is 17.7 Å². The molecule has 1 aliphatic heterocycles. The number of urea groups is 1. The fourth-order valence-corrected chi connectivity index (χ4v) is 4.14. The molecule has 0 spiro atoms. The van der Waals surface area contributed by atoms with Crippen molar-refractivity contribution in [1.29, 1.82) is 0 Å². The van der Waals surface area contributed by atoms with Crippen LogP contribution in [0.5, 0.6) is 11.5 Å². The Balaban J connectivity index is 1.98. The van der Waals surface area contributed by atoms with Crippen molar-refractivity contribution in [3.63, 3.8) is 0 Å². The van der Waals surface area contributed by atoms with Crippen LogP contribution in [0.4, 0.5) is 4.79 Å². The van der Waals surface area contributed by atoms with Gasteiger partial charge >= 0.3 is 16.1 Å². The van der Waals surface area contributed by atoms with Crippen molar-refractivity contribution in [2.45, 2.75) is 11.8 Å². The van der Waals surface area contributed by atoms with Gasteiger partial charge in [0, 0.05) is 0 Å². The molecule has 11 heteroatoms. The van der Waals surface area contributed by atoms with E-state index in [9.17, 15) is 22.8 Å². The number of amides is 4. The number of aryl methyl sites for hydroxylation is 1. The zero-order chi connectivity index (χ0) is 22.1. The second-order valence-corrected chi connectivity index (χ2v) is 8.58. The molecule has 156 valence electrons. The predicted molar refractivity (Wildman–Crippen MR) is 109 cm³/mol. The number of carbonyl (C=O) groups excluding carboxylic acids is 3. The maximum atomic E-state index is 12.6. The highest BCUT2D eigenvalue weighted by atomic mass is 79.9. The van der Waals surface area contributed by atoms with E-state index in [1.807, 2.05) is 17.6 Å². The van der Waals surface area contributed by atoms with Gasteiger partial charge in [-0.05, 0) is 58.8 Å². The summed E-state index contributed by atoms with van der Waals surface area (Å²) in [4.78, 5) is 34.9. The topological polar surface area (TPSA) is 128 Å². The van der Waals surface area contributed by atoms with E-state index in [1.54, 1.807) is 12.1 Å². The molecule has 1 heterocycles. The van der Waals surface area contributed by atoms with Crippen LogP contribution in [-0.4, -0.2) is 33.4 Å². The number of methoxy groups -OCH3 is 1. The standard InChI is InChI=1S/C19H15BrN2O7S/c1-10-3-5-12(6-4-10)30(26,27)29-16-14(20)8-11(9-15(16)28-2)7-13-17(23)21-19(25)22-18(13)24/h3-9H,1-2H3,(H2,21,22,23,24,25). The molecule has 0 aromatic heterocycles. The third-order valence-corrected chi connectivity index (χ3v) is 5.83. The van der Waals surface area contributed by atoms with Gasteiger partial charge < -0.3 is 8.92 Å². The van der Waals surface area contributed by atoms with Crippen LogP contribution in [0.2, 0.25) is 0 Å². The number of halogens is 1. The molecule has 0 atom stereocenters. The molecule has 0 bridgehead atoms. The zero-order valence-corrected chi connectivity index (χ0v) is 18.1. The smallest absolute Gasteiger partial charge is 0.339 e. The van der Waals surface area contributed by atoms with Crippen molar-refractivity contribution >= 4 is 50.0 Å². The van der Waals surface area contributed by atoms with Crippen LogP contribution in [0.1, 0.15) is 11.1 Å². The number of benzene rings is 2. The van der Waals surface area contributed by atoms with E-state index >= 15 is 0 Å². The van der Waals surface area contributed by atoms with Gasteiger partial charge in [-0.15, -0.1) is 0 Å². The first-order chi connectivity index (χ1) is 14.1. The third kappa shape index (κ3) is 4.52. The Bertz CT molecular complexity index is 1170. The van der Waals surface area contributed by atoms with E-state index in [1.165, 1.54) is 37.5 Å². The summed E-state index contributed by atoms with van der Waals surface area (Å²) in [7, 11) is -2.83. The van der Waals surface area contributed by atoms with Crippen LogP contribution < -0.4 is 19.6 Å². The SMILES string of the molecule is COc1cc(C=C2C(=O)NC(=O)NC2=O)cc(Br)c1OS(=O)(=O)c1ccc(C)cc1. The van der Waals surface area contributed by atoms with Gasteiger partial charge in [0.15, 0.2) is 11.5 Å². The van der Waals surface area contributed by atoms with E-state index < -0.39 is 28.0 Å². The zero-order valence-electron chi connectivity index (χ0n) is 15.7. The molecule has 30 heavy (non-hydrogen) atoms. The second-order valence-electron chi connectivity index (χ2n) is 6.18. The molecule has 4 amide bonds. The fraction of sp³-hybridized carbons (Fsp3) is 0.105. The van der Waals surface area contributed by atoms with Crippen LogP contribution in [0.25, 0.3) is 6.08 Å². The summed E-state index contributed by atoms with van der Waals surface area (Å²) in [6, 6.07) is 8.04. The first-order valence-corrected chi connectivity index (χ1v) is 10.6. The lowest BCUT2D eigenvalue weighted by atomic mass is 10.1. The summed E-state index contributed by atoms with van der Waals surface area (Å²) < 4.78 is 35.9. The Morgan fingerprint density at radius 1 is 1.00 bits per heavy atom. The monoisotopic (exact) mass is 494 g/mol. The van der Waals surface area contributed by atoms with E-state index in [4.69, 9.17) is 8.92 Å². The lowest BCUT2D eigenvalue weighted by molar-refractivity contribution is -0.123. The van der Waals surface area contributed by atoms with Crippen molar-refractivity contribution in [3.05, 3.63) is 57.6 Å². The maximum absolute atomic E-state index is 12.6. The Hall–Kier alpha value is -3.18. The summed E-state index contributed by atoms with van der Waals surface area (Å²) in [6.07, 6.45) is 1.22. The fourth-order valence-electron chi connectivity index (χ4n) is 2.54. The number of imide groups is 2. The Labute approximate surface area is 180 Å². The van der Waals surface area contributed by atoms with E-state index in [2.05, 4.69) is 15.9 Å². The number of nitrogens with one attached hydrogen (secondary N) is 2. The first kappa shape index (κ1) is 21.5. The Kier molecular flexibility index (Phi) is 5.94. The van der Waals surface area contributed by atoms with Crippen molar-refractivity contribution in [2.24, 2.45) is 0 Å². The molecule has 1 aliphatic rings. The molecule has 2 aromatic rings. The molecule has 0 saturated carbocycles. The number of hydrogen-bond acceptors (Lipinski definition) is 7. The van der Waals surface area contributed by atoms with E-state index in [0.717, 1.165) is 5.56 Å². The summed E-state index contributed by atoms with van der Waals surface area (Å²) in [5.41, 5.74) is 0.917. The normalized spacial score (nSPS) is 14.1. The molecule has 0 unspecified atom stereocenters. The van der Waals surface area contributed by atoms with Crippen LogP contribution in [0.3, 0.4) is 0 Å². The van der Waals surface area contributed by atoms with Crippen molar-refractivity contribution in [1.82, 2.24) is 10.6 Å². The predicted octanol–water partition coefficient (Wildman–Crippen LogP) is 2.28. The summed E-state index contributed by atoms with van der Waals surface area (Å²) in [5.74, 6) is -1.78. The lowest BCUT2D eigenvalue weighted by Crippen LogP contribution is -2.51. The molecule has 1 saturated heterocycles. The van der Waals surface area contributed by atoms with Crippen LogP contribution in [0.15, 0.2) is 51.3 Å². The van der Waals surface area contributed by atoms with Crippen molar-refractivity contribution in [3.8, 4) is 11.5 Å². The first-order valence-electron chi connectivity index (χ1n) is 8.38. The highest BCUT2D eigenvalue weighted by Gasteiger charge is 2.28. The van der Waals surface area contributed by atoms with Gasteiger partial charge in [-0.2, -0.15) is 8.42 Å². The van der Waals surface area contributed by atoms with Crippen LogP contribution in [-0.2, 0) is 19.7 Å². The highest BCUT2D eigenvalue weighted by molar-refractivity contribution is 9.10. The molecule has 2 aromatic carbocycles. The minimum atomic E-state index is -4.14. The molecule has 0 aliphatic carbocycles. The van der Waals surface area contributed by atoms with Gasteiger partial charge in [-0.3, -0.25) is 20.2 Å². The number of carbonyl (C=O) groups is 3. The van der Waals surface area contributed by atoms with Crippen molar-refractivity contribution < 1.29 is 31.7 Å². The number of barbiturate groups is 1. The Morgan fingerprint density at radius 2 is 1.60 bits per heavy atom. The quantitative estimate of drug-likeness (QED) is 0.370. The van der Waals surface area contributed by atoms with E-state index in [-0.39, 0.29) is 26.4 Å². The number of ether oxygens (including phenoxy) is 1. The summed E-state index contributed by atoms with van der Waals surface area (Å²) >= 11 is 3.23. The minimum Gasteiger partial charge on any atom is -0.493 e. The largest absolute Gasteiger partial charge is 0.493 e. The average Bonchev–Trinajstić information content (AvgIpc) is 2.66. The Morgan fingerprint density at radius 3 is 2.17 bits per heavy atom. The van der Waals surface area contributed by atoms with Gasteiger partial charge in [0.2, 0.25) is 0 Å². The molecular weight excluding hydrogens is 480 g/mol. The molecule has 9 nitrogen and oxygen atoms in total. The molecule has 0 radical (unpaired) electrons. The minimum absolute atomic E-state index is 0.0338. The average molecular weight is 495 g/mol. The molecular formula is C19H15BrN2O7S. The van der Waals surface area contributed by atoms with Crippen LogP contribution >= 0.6 is 15.9 Å². The third-order valence-electron chi connectivity index (χ3n) is 4.01. The lowest BCUT2D eigenvalue weighted by Gasteiger charge is -2.15. The van der Waals surface area contributed by atoms with Crippen molar-refractivity contribution in [2.75, 3.05) is 7.11 Å². The van der Waals surface area contributed by atoms with Gasteiger partial charge in [0.1, 0.15) is 10.5 Å². The maximum Gasteiger partial charge on any atom is 0.339 e. The molecule has 2 N–H and O–H groups in total. The van der Waals surface area contributed by atoms with Gasteiger partial charge in [0.25, 0.3) is 11.8 Å². The van der Waals surface area contributed by atoms with Gasteiger partial charge in [-0.25, -0.2) is 4.79 Å². The molecule has 3 rings (SSSR count). The second kappa shape index (κ2) is 8.28. The summed E-state index contributed by atoms with van der Waals surface area (Å²) in [6.45, 7) is 1.83. The van der Waals surface area contributed by atoms with Crippen LogP contribution in [0, 0.1) is 6.92 Å². The van der Waals surface area contributed by atoms with E-state index in [0.29, 0.717) is 5.56 Å². The van der Waals surface area contributed by atoms with Gasteiger partial charge in [0.05, 0.1) is 11.6 Å². The number of rotatable bonds is 5. The number of hydrogen-bond donors (Lipinski definition) is 2. The highest BCUT2D eigenvalue weighted by Crippen LogP contribution is 2.39.